The number of fused-ring (bicyclic) bond motifs is 1. The molecule has 88 valence electrons. The molecule has 0 aromatic carbocycles. The third-order valence-electron chi connectivity index (χ3n) is 3.38. The predicted molar refractivity (Wildman–Crippen MR) is 63.4 cm³/mol. The van der Waals surface area contributed by atoms with Crippen LogP contribution >= 0.6 is 0 Å². The van der Waals surface area contributed by atoms with Gasteiger partial charge in [-0.15, -0.1) is 0 Å². The van der Waals surface area contributed by atoms with Crippen molar-refractivity contribution in [1.29, 1.82) is 0 Å². The summed E-state index contributed by atoms with van der Waals surface area (Å²) in [5.74, 6) is 1.18. The molecular weight excluding hydrogens is 202 g/mol. The molecule has 1 aromatic rings. The molecule has 1 aliphatic carbocycles. The first-order valence-electron chi connectivity index (χ1n) is 5.92. The number of nitrogens with one attached hydrogen (secondary N) is 1. The Morgan fingerprint density at radius 2 is 2.19 bits per heavy atom. The molecule has 0 spiro atoms. The van der Waals surface area contributed by atoms with Gasteiger partial charge in [0, 0.05) is 23.9 Å². The number of aliphatic hydroxyl groups is 1. The van der Waals surface area contributed by atoms with Crippen LogP contribution in [-0.4, -0.2) is 27.7 Å². The van der Waals surface area contributed by atoms with E-state index >= 15 is 0 Å². The van der Waals surface area contributed by atoms with Gasteiger partial charge in [-0.1, -0.05) is 6.92 Å². The minimum atomic E-state index is 0.196. The highest BCUT2D eigenvalue weighted by Crippen LogP contribution is 2.26. The summed E-state index contributed by atoms with van der Waals surface area (Å²) in [6, 6.07) is 0.226. The number of aromatic nitrogens is 2. The van der Waals surface area contributed by atoms with Gasteiger partial charge in [0.05, 0.1) is 0 Å². The van der Waals surface area contributed by atoms with E-state index in [4.69, 9.17) is 5.11 Å². The maximum absolute atomic E-state index is 9.10. The predicted octanol–water partition coefficient (Wildman–Crippen LogP) is 1.39. The largest absolute Gasteiger partial charge is 0.396 e. The number of hydrogen-bond acceptors (Lipinski definition) is 4. The Morgan fingerprint density at radius 1 is 1.38 bits per heavy atom. The highest BCUT2D eigenvalue weighted by Gasteiger charge is 2.19. The average Bonchev–Trinajstić information content (AvgIpc) is 2.77. The molecule has 0 amide bonds. The highest BCUT2D eigenvalue weighted by atomic mass is 16.3. The number of hydrogen-bond donors (Lipinski definition) is 2. The zero-order valence-electron chi connectivity index (χ0n) is 9.90. The van der Waals surface area contributed by atoms with Crippen LogP contribution in [0.1, 0.15) is 31.5 Å². The van der Waals surface area contributed by atoms with Crippen LogP contribution in [0.3, 0.4) is 0 Å². The summed E-state index contributed by atoms with van der Waals surface area (Å²) in [5.41, 5.74) is 2.45. The van der Waals surface area contributed by atoms with Crippen molar-refractivity contribution < 1.29 is 5.11 Å². The van der Waals surface area contributed by atoms with Crippen LogP contribution in [0.4, 0.5) is 5.82 Å². The van der Waals surface area contributed by atoms with E-state index in [2.05, 4.69) is 22.2 Å². The van der Waals surface area contributed by atoms with Gasteiger partial charge in [-0.25, -0.2) is 9.97 Å². The van der Waals surface area contributed by atoms with Crippen LogP contribution in [0.25, 0.3) is 0 Å². The normalized spacial score (nSPS) is 17.9. The van der Waals surface area contributed by atoms with E-state index < -0.39 is 0 Å². The fourth-order valence-electron chi connectivity index (χ4n) is 2.00. The number of nitrogens with zero attached hydrogens (tertiary/aromatic N) is 2. The molecule has 4 nitrogen and oxygen atoms in total. The molecule has 1 aliphatic rings. The molecule has 1 heterocycles. The van der Waals surface area contributed by atoms with Crippen molar-refractivity contribution in [1.82, 2.24) is 9.97 Å². The zero-order valence-corrected chi connectivity index (χ0v) is 9.90. The smallest absolute Gasteiger partial charge is 0.133 e. The van der Waals surface area contributed by atoms with Gasteiger partial charge < -0.3 is 10.4 Å². The lowest BCUT2D eigenvalue weighted by atomic mass is 10.0. The molecular formula is C12H19N3O. The highest BCUT2D eigenvalue weighted by molar-refractivity contribution is 5.48. The van der Waals surface area contributed by atoms with Gasteiger partial charge >= 0.3 is 0 Å². The van der Waals surface area contributed by atoms with E-state index in [9.17, 15) is 0 Å². The first-order chi connectivity index (χ1) is 7.72. The molecule has 0 aliphatic heterocycles. The molecule has 2 rings (SSSR count). The van der Waals surface area contributed by atoms with Crippen molar-refractivity contribution in [2.24, 2.45) is 5.92 Å². The van der Waals surface area contributed by atoms with Crippen molar-refractivity contribution in [3.8, 4) is 0 Å². The average molecular weight is 221 g/mol. The molecule has 0 bridgehead atoms. The fraction of sp³-hybridized carbons (Fsp3) is 0.667. The minimum absolute atomic E-state index is 0.196. The third kappa shape index (κ3) is 2.16. The van der Waals surface area contributed by atoms with Crippen LogP contribution in [0.2, 0.25) is 0 Å². The van der Waals surface area contributed by atoms with Gasteiger partial charge in [0.1, 0.15) is 12.1 Å². The Bertz CT molecular complexity index is 367. The summed E-state index contributed by atoms with van der Waals surface area (Å²) < 4.78 is 0. The number of aryl methyl sites for hydroxylation is 1. The van der Waals surface area contributed by atoms with Gasteiger partial charge in [-0.05, 0) is 32.1 Å². The molecule has 2 atom stereocenters. The summed E-state index contributed by atoms with van der Waals surface area (Å²) in [6.45, 7) is 4.30. The molecule has 2 unspecified atom stereocenters. The van der Waals surface area contributed by atoms with Crippen LogP contribution in [0, 0.1) is 5.92 Å². The van der Waals surface area contributed by atoms with Gasteiger partial charge in [0.25, 0.3) is 0 Å². The molecule has 0 saturated carbocycles. The van der Waals surface area contributed by atoms with E-state index in [0.29, 0.717) is 0 Å². The summed E-state index contributed by atoms with van der Waals surface area (Å²) in [7, 11) is 0. The second kappa shape index (κ2) is 4.78. The van der Waals surface area contributed by atoms with E-state index in [1.54, 1.807) is 6.33 Å². The lowest BCUT2D eigenvalue weighted by Crippen LogP contribution is -2.27. The van der Waals surface area contributed by atoms with E-state index in [1.807, 2.05) is 6.92 Å². The molecule has 0 radical (unpaired) electrons. The Labute approximate surface area is 96.1 Å². The van der Waals surface area contributed by atoms with Gasteiger partial charge in [-0.2, -0.15) is 0 Å². The maximum Gasteiger partial charge on any atom is 0.133 e. The quantitative estimate of drug-likeness (QED) is 0.806. The van der Waals surface area contributed by atoms with Crippen LogP contribution in [0.15, 0.2) is 6.33 Å². The Balaban J connectivity index is 2.13. The monoisotopic (exact) mass is 221 g/mol. The van der Waals surface area contributed by atoms with Crippen molar-refractivity contribution in [2.45, 2.75) is 39.2 Å². The SMILES string of the molecule is CC(CO)C(C)Nc1ncnc2c1CCC2. The first-order valence-corrected chi connectivity index (χ1v) is 5.92. The molecule has 2 N–H and O–H groups in total. The van der Waals surface area contributed by atoms with Crippen LogP contribution in [0.5, 0.6) is 0 Å². The van der Waals surface area contributed by atoms with Gasteiger partial charge in [0.15, 0.2) is 0 Å². The fourth-order valence-corrected chi connectivity index (χ4v) is 2.00. The zero-order chi connectivity index (χ0) is 11.5. The van der Waals surface area contributed by atoms with Crippen molar-refractivity contribution in [2.75, 3.05) is 11.9 Å². The Hall–Kier alpha value is -1.16. The molecule has 0 fully saturated rings. The molecule has 1 aromatic heterocycles. The first kappa shape index (κ1) is 11.3. The van der Waals surface area contributed by atoms with Crippen molar-refractivity contribution in [3.63, 3.8) is 0 Å². The molecule has 4 heteroatoms. The molecule has 16 heavy (non-hydrogen) atoms. The summed E-state index contributed by atoms with van der Waals surface area (Å²) in [4.78, 5) is 8.59. The second-order valence-corrected chi connectivity index (χ2v) is 4.59. The summed E-state index contributed by atoms with van der Waals surface area (Å²) in [6.07, 6.45) is 4.94. The van der Waals surface area contributed by atoms with Crippen LogP contribution in [-0.2, 0) is 12.8 Å². The van der Waals surface area contributed by atoms with Gasteiger partial charge in [0.2, 0.25) is 0 Å². The maximum atomic E-state index is 9.10. The minimum Gasteiger partial charge on any atom is -0.396 e. The Kier molecular flexibility index (Phi) is 3.39. The van der Waals surface area contributed by atoms with Gasteiger partial charge in [-0.3, -0.25) is 0 Å². The van der Waals surface area contributed by atoms with Crippen molar-refractivity contribution in [3.05, 3.63) is 17.6 Å². The summed E-state index contributed by atoms with van der Waals surface area (Å²) in [5, 5.41) is 12.5. The molecule has 0 saturated heterocycles. The standard InChI is InChI=1S/C12H19N3O/c1-8(6-16)9(2)15-12-10-4-3-5-11(10)13-7-14-12/h7-9,16H,3-6H2,1-2H3,(H,13,14,15). The summed E-state index contributed by atoms with van der Waals surface area (Å²) >= 11 is 0. The number of anilines is 1. The second-order valence-electron chi connectivity index (χ2n) is 4.59. The van der Waals surface area contributed by atoms with E-state index in [1.165, 1.54) is 17.7 Å². The topological polar surface area (TPSA) is 58.0 Å². The van der Waals surface area contributed by atoms with E-state index in [-0.39, 0.29) is 18.6 Å². The van der Waals surface area contributed by atoms with Crippen molar-refractivity contribution >= 4 is 5.82 Å². The lowest BCUT2D eigenvalue weighted by Gasteiger charge is -2.21. The van der Waals surface area contributed by atoms with E-state index in [0.717, 1.165) is 18.7 Å². The number of aliphatic hydroxyl groups excluding tert-OH is 1. The third-order valence-corrected chi connectivity index (χ3v) is 3.38. The van der Waals surface area contributed by atoms with Crippen LogP contribution < -0.4 is 5.32 Å². The lowest BCUT2D eigenvalue weighted by molar-refractivity contribution is 0.226. The number of rotatable bonds is 4. The Morgan fingerprint density at radius 3 is 2.94 bits per heavy atom.